The summed E-state index contributed by atoms with van der Waals surface area (Å²) in [5.41, 5.74) is 3.54. The number of benzene rings is 3. The van der Waals surface area contributed by atoms with Gasteiger partial charge in [0.05, 0.1) is 5.56 Å². The van der Waals surface area contributed by atoms with Gasteiger partial charge in [-0.25, -0.2) is 4.39 Å². The van der Waals surface area contributed by atoms with Crippen molar-refractivity contribution >= 4 is 34.1 Å². The maximum absolute atomic E-state index is 13.7. The predicted octanol–water partition coefficient (Wildman–Crippen LogP) is 5.88. The summed E-state index contributed by atoms with van der Waals surface area (Å²) in [6.45, 7) is 0. The maximum Gasteiger partial charge on any atom is 0.258 e. The van der Waals surface area contributed by atoms with E-state index in [0.717, 1.165) is 22.2 Å². The number of anilines is 1. The third kappa shape index (κ3) is 3.19. The monoisotopic (exact) mass is 364 g/mol. The van der Waals surface area contributed by atoms with E-state index in [1.165, 1.54) is 12.1 Å². The molecule has 5 heteroatoms. The summed E-state index contributed by atoms with van der Waals surface area (Å²) in [5, 5.41) is 4.43. The van der Waals surface area contributed by atoms with E-state index < -0.39 is 11.7 Å². The van der Waals surface area contributed by atoms with Crippen LogP contribution in [0.4, 0.5) is 10.1 Å². The molecule has 0 spiro atoms. The van der Waals surface area contributed by atoms with Gasteiger partial charge in [-0.15, -0.1) is 0 Å². The van der Waals surface area contributed by atoms with Crippen LogP contribution in [-0.4, -0.2) is 10.9 Å². The zero-order chi connectivity index (χ0) is 18.1. The number of aromatic amines is 1. The minimum atomic E-state index is -0.543. The first-order chi connectivity index (χ1) is 12.6. The molecular formula is C21H14ClFN2O. The lowest BCUT2D eigenvalue weighted by Crippen LogP contribution is -2.13. The summed E-state index contributed by atoms with van der Waals surface area (Å²) in [4.78, 5) is 15.5. The molecular weight excluding hydrogens is 351 g/mol. The van der Waals surface area contributed by atoms with Gasteiger partial charge in [0.15, 0.2) is 0 Å². The number of aromatic nitrogens is 1. The Labute approximate surface area is 154 Å². The second kappa shape index (κ2) is 6.65. The Morgan fingerprint density at radius 2 is 1.73 bits per heavy atom. The Bertz CT molecular complexity index is 1100. The van der Waals surface area contributed by atoms with Crippen LogP contribution in [0.15, 0.2) is 72.8 Å². The van der Waals surface area contributed by atoms with E-state index in [0.29, 0.717) is 10.7 Å². The molecule has 26 heavy (non-hydrogen) atoms. The van der Waals surface area contributed by atoms with Crippen molar-refractivity contribution in [3.8, 4) is 11.3 Å². The standard InChI is InChI=1S/C21H14ClFN2O/c22-15-7-10-19-14(11-15)12-20(25-19)13-5-8-16(9-6-13)24-21(26)17-3-1-2-4-18(17)23/h1-12,25H,(H,24,26). The van der Waals surface area contributed by atoms with E-state index in [-0.39, 0.29) is 5.56 Å². The van der Waals surface area contributed by atoms with Gasteiger partial charge in [-0.2, -0.15) is 0 Å². The SMILES string of the molecule is O=C(Nc1ccc(-c2cc3cc(Cl)ccc3[nH]2)cc1)c1ccccc1F. The fourth-order valence-electron chi connectivity index (χ4n) is 2.84. The summed E-state index contributed by atoms with van der Waals surface area (Å²) < 4.78 is 13.7. The van der Waals surface area contributed by atoms with E-state index >= 15 is 0 Å². The maximum atomic E-state index is 13.7. The Hall–Kier alpha value is -3.11. The van der Waals surface area contributed by atoms with E-state index in [1.54, 1.807) is 24.3 Å². The molecule has 4 aromatic rings. The summed E-state index contributed by atoms with van der Waals surface area (Å²) in [7, 11) is 0. The van der Waals surface area contributed by atoms with Crippen molar-refractivity contribution in [2.24, 2.45) is 0 Å². The van der Waals surface area contributed by atoms with Crippen LogP contribution >= 0.6 is 11.6 Å². The smallest absolute Gasteiger partial charge is 0.258 e. The number of hydrogen-bond donors (Lipinski definition) is 2. The Morgan fingerprint density at radius 1 is 0.962 bits per heavy atom. The summed E-state index contributed by atoms with van der Waals surface area (Å²) in [5.74, 6) is -1.02. The number of halogens is 2. The van der Waals surface area contributed by atoms with Gasteiger partial charge in [0.1, 0.15) is 5.82 Å². The average Bonchev–Trinajstić information content (AvgIpc) is 3.05. The van der Waals surface area contributed by atoms with E-state index in [9.17, 15) is 9.18 Å². The van der Waals surface area contributed by atoms with Gasteiger partial charge >= 0.3 is 0 Å². The molecule has 0 aliphatic carbocycles. The van der Waals surface area contributed by atoms with Crippen LogP contribution in [0.3, 0.4) is 0 Å². The van der Waals surface area contributed by atoms with Crippen molar-refractivity contribution in [1.29, 1.82) is 0 Å². The van der Waals surface area contributed by atoms with Crippen LogP contribution in [0, 0.1) is 5.82 Å². The quantitative estimate of drug-likeness (QED) is 0.468. The number of amides is 1. The van der Waals surface area contributed by atoms with Gasteiger partial charge in [-0.3, -0.25) is 4.79 Å². The first-order valence-electron chi connectivity index (χ1n) is 8.05. The number of nitrogens with one attached hydrogen (secondary N) is 2. The van der Waals surface area contributed by atoms with Gasteiger partial charge in [-0.05, 0) is 54.1 Å². The zero-order valence-corrected chi connectivity index (χ0v) is 14.3. The van der Waals surface area contributed by atoms with Gasteiger partial charge in [0, 0.05) is 27.3 Å². The van der Waals surface area contributed by atoms with E-state index in [2.05, 4.69) is 10.3 Å². The van der Waals surface area contributed by atoms with Crippen molar-refractivity contribution in [2.75, 3.05) is 5.32 Å². The van der Waals surface area contributed by atoms with Crippen molar-refractivity contribution in [3.05, 3.63) is 89.2 Å². The molecule has 3 nitrogen and oxygen atoms in total. The lowest BCUT2D eigenvalue weighted by molar-refractivity contribution is 0.102. The molecule has 0 aliphatic rings. The summed E-state index contributed by atoms with van der Waals surface area (Å²) >= 11 is 6.02. The third-order valence-corrected chi connectivity index (χ3v) is 4.39. The van der Waals surface area contributed by atoms with Gasteiger partial charge in [0.2, 0.25) is 0 Å². The highest BCUT2D eigenvalue weighted by Gasteiger charge is 2.11. The number of hydrogen-bond acceptors (Lipinski definition) is 1. The number of carbonyl (C=O) groups excluding carboxylic acids is 1. The van der Waals surface area contributed by atoms with Crippen molar-refractivity contribution in [1.82, 2.24) is 4.98 Å². The van der Waals surface area contributed by atoms with Crippen LogP contribution in [0.25, 0.3) is 22.2 Å². The highest BCUT2D eigenvalue weighted by molar-refractivity contribution is 6.31. The minimum Gasteiger partial charge on any atom is -0.355 e. The first kappa shape index (κ1) is 16.4. The second-order valence-corrected chi connectivity index (χ2v) is 6.36. The predicted molar refractivity (Wildman–Crippen MR) is 103 cm³/mol. The zero-order valence-electron chi connectivity index (χ0n) is 13.6. The number of H-pyrrole nitrogens is 1. The second-order valence-electron chi connectivity index (χ2n) is 5.93. The molecule has 128 valence electrons. The molecule has 0 unspecified atom stereocenters. The molecule has 2 N–H and O–H groups in total. The number of rotatable bonds is 3. The van der Waals surface area contributed by atoms with E-state index in [1.807, 2.05) is 36.4 Å². The molecule has 1 aromatic heterocycles. The lowest BCUT2D eigenvalue weighted by Gasteiger charge is -2.07. The fraction of sp³-hybridized carbons (Fsp3) is 0. The molecule has 0 atom stereocenters. The molecule has 3 aromatic carbocycles. The molecule has 0 radical (unpaired) electrons. The van der Waals surface area contributed by atoms with Crippen LogP contribution in [0.1, 0.15) is 10.4 Å². The first-order valence-corrected chi connectivity index (χ1v) is 8.42. The van der Waals surface area contributed by atoms with Crippen LogP contribution in [-0.2, 0) is 0 Å². The minimum absolute atomic E-state index is 0.0177. The molecule has 1 amide bonds. The largest absolute Gasteiger partial charge is 0.355 e. The summed E-state index contributed by atoms with van der Waals surface area (Å²) in [6.07, 6.45) is 0. The molecule has 1 heterocycles. The van der Waals surface area contributed by atoms with Crippen LogP contribution < -0.4 is 5.32 Å². The topological polar surface area (TPSA) is 44.9 Å². The number of carbonyl (C=O) groups is 1. The van der Waals surface area contributed by atoms with Crippen molar-refractivity contribution in [2.45, 2.75) is 0 Å². The van der Waals surface area contributed by atoms with Crippen LogP contribution in [0.5, 0.6) is 0 Å². The van der Waals surface area contributed by atoms with Crippen molar-refractivity contribution in [3.63, 3.8) is 0 Å². The fourth-order valence-corrected chi connectivity index (χ4v) is 3.02. The molecule has 4 rings (SSSR count). The van der Waals surface area contributed by atoms with Gasteiger partial charge in [-0.1, -0.05) is 35.9 Å². The lowest BCUT2D eigenvalue weighted by atomic mass is 10.1. The number of fused-ring (bicyclic) bond motifs is 1. The molecule has 0 aliphatic heterocycles. The van der Waals surface area contributed by atoms with Gasteiger partial charge < -0.3 is 10.3 Å². The Balaban J connectivity index is 1.56. The third-order valence-electron chi connectivity index (χ3n) is 4.16. The van der Waals surface area contributed by atoms with E-state index in [4.69, 9.17) is 11.6 Å². The van der Waals surface area contributed by atoms with Gasteiger partial charge in [0.25, 0.3) is 5.91 Å². The molecule has 0 fully saturated rings. The molecule has 0 saturated heterocycles. The Kier molecular flexibility index (Phi) is 4.19. The molecule has 0 bridgehead atoms. The van der Waals surface area contributed by atoms with Crippen LogP contribution in [0.2, 0.25) is 5.02 Å². The molecule has 0 saturated carbocycles. The Morgan fingerprint density at radius 3 is 2.50 bits per heavy atom. The highest BCUT2D eigenvalue weighted by atomic mass is 35.5. The average molecular weight is 365 g/mol. The van der Waals surface area contributed by atoms with Crippen molar-refractivity contribution < 1.29 is 9.18 Å². The normalized spacial score (nSPS) is 10.8. The summed E-state index contributed by atoms with van der Waals surface area (Å²) in [6, 6.07) is 20.9. The highest BCUT2D eigenvalue weighted by Crippen LogP contribution is 2.27.